The van der Waals surface area contributed by atoms with Gasteiger partial charge in [0.2, 0.25) is 0 Å². The fourth-order valence-electron chi connectivity index (χ4n) is 3.32. The summed E-state index contributed by atoms with van der Waals surface area (Å²) in [6, 6.07) is 11.5. The highest BCUT2D eigenvalue weighted by atomic mass is 35.5. The summed E-state index contributed by atoms with van der Waals surface area (Å²) in [6.07, 6.45) is 3.74. The summed E-state index contributed by atoms with van der Waals surface area (Å²) in [4.78, 5) is 1.36. The Kier molecular flexibility index (Phi) is 4.16. The van der Waals surface area contributed by atoms with Crippen molar-refractivity contribution in [3.8, 4) is 0 Å². The monoisotopic (exact) mass is 305 g/mol. The molecule has 0 bridgehead atoms. The van der Waals surface area contributed by atoms with E-state index in [4.69, 9.17) is 11.6 Å². The van der Waals surface area contributed by atoms with Crippen molar-refractivity contribution in [2.45, 2.75) is 38.1 Å². The van der Waals surface area contributed by atoms with E-state index in [9.17, 15) is 0 Å². The van der Waals surface area contributed by atoms with Crippen LogP contribution in [0.1, 0.15) is 46.4 Å². The molecular formula is C17H20ClNS. The molecule has 1 aromatic carbocycles. The molecule has 1 aliphatic rings. The van der Waals surface area contributed by atoms with Gasteiger partial charge >= 0.3 is 0 Å². The van der Waals surface area contributed by atoms with E-state index in [1.54, 1.807) is 11.3 Å². The minimum atomic E-state index is 0.368. The van der Waals surface area contributed by atoms with Gasteiger partial charge in [-0.3, -0.25) is 0 Å². The van der Waals surface area contributed by atoms with Crippen LogP contribution in [0.5, 0.6) is 0 Å². The quantitative estimate of drug-likeness (QED) is 0.833. The van der Waals surface area contributed by atoms with Crippen molar-refractivity contribution >= 4 is 22.9 Å². The van der Waals surface area contributed by atoms with Crippen LogP contribution in [0, 0.1) is 6.92 Å². The Labute approximate surface area is 130 Å². The number of benzene rings is 1. The van der Waals surface area contributed by atoms with Gasteiger partial charge in [-0.25, -0.2) is 0 Å². The molecule has 2 unspecified atom stereocenters. The summed E-state index contributed by atoms with van der Waals surface area (Å²) in [6.45, 7) is 2.09. The number of aryl methyl sites for hydroxylation is 2. The maximum absolute atomic E-state index is 6.26. The van der Waals surface area contributed by atoms with E-state index in [1.807, 2.05) is 0 Å². The summed E-state index contributed by atoms with van der Waals surface area (Å²) in [7, 11) is 2.06. The van der Waals surface area contributed by atoms with Gasteiger partial charge in [0, 0.05) is 16.8 Å². The third kappa shape index (κ3) is 2.52. The third-order valence-corrected chi connectivity index (χ3v) is 5.95. The summed E-state index contributed by atoms with van der Waals surface area (Å²) in [5.41, 5.74) is 4.22. The second kappa shape index (κ2) is 5.88. The van der Waals surface area contributed by atoms with Crippen molar-refractivity contribution in [1.29, 1.82) is 0 Å². The Bertz CT molecular complexity index is 585. The molecule has 2 aromatic rings. The summed E-state index contributed by atoms with van der Waals surface area (Å²) < 4.78 is 0.921. The Morgan fingerprint density at radius 3 is 2.85 bits per heavy atom. The SMILES string of the molecule is CNC(c1cc(C)c(Cl)s1)C1CCCc2ccccc21. The molecule has 0 saturated heterocycles. The standard InChI is InChI=1S/C17H20ClNS/c1-11-10-15(20-17(11)18)16(19-2)14-9-5-7-12-6-3-4-8-13(12)14/h3-4,6,8,10,14,16,19H,5,7,9H2,1-2H3. The van der Waals surface area contributed by atoms with Gasteiger partial charge in [0.15, 0.2) is 0 Å². The molecule has 0 radical (unpaired) electrons. The van der Waals surface area contributed by atoms with E-state index in [1.165, 1.54) is 40.8 Å². The molecule has 0 aliphatic heterocycles. The molecule has 0 spiro atoms. The highest BCUT2D eigenvalue weighted by Crippen LogP contribution is 2.43. The molecule has 20 heavy (non-hydrogen) atoms. The summed E-state index contributed by atoms with van der Waals surface area (Å²) in [5.74, 6) is 0.555. The van der Waals surface area contributed by atoms with Crippen LogP contribution in [0.4, 0.5) is 0 Å². The summed E-state index contributed by atoms with van der Waals surface area (Å²) in [5, 5.41) is 3.52. The zero-order valence-electron chi connectivity index (χ0n) is 11.9. The maximum Gasteiger partial charge on any atom is 0.0960 e. The second-order valence-electron chi connectivity index (χ2n) is 5.57. The molecule has 3 heteroatoms. The first-order valence-corrected chi connectivity index (χ1v) is 8.41. The normalized spacial score (nSPS) is 19.6. The molecule has 3 rings (SSSR count). The van der Waals surface area contributed by atoms with Gasteiger partial charge in [0.05, 0.1) is 4.34 Å². The number of halogens is 1. The Balaban J connectivity index is 1.98. The number of fused-ring (bicyclic) bond motifs is 1. The fraction of sp³-hybridized carbons (Fsp3) is 0.412. The smallest absolute Gasteiger partial charge is 0.0960 e. The first kappa shape index (κ1) is 14.1. The summed E-state index contributed by atoms with van der Waals surface area (Å²) >= 11 is 7.98. The van der Waals surface area contributed by atoms with Crippen molar-refractivity contribution in [2.75, 3.05) is 7.05 Å². The number of likely N-dealkylation sites (N-methyl/N-ethyl adjacent to an activating group) is 1. The van der Waals surface area contributed by atoms with E-state index >= 15 is 0 Å². The lowest BCUT2D eigenvalue weighted by atomic mass is 9.78. The van der Waals surface area contributed by atoms with Crippen molar-refractivity contribution in [3.63, 3.8) is 0 Å². The van der Waals surface area contributed by atoms with E-state index < -0.39 is 0 Å². The van der Waals surface area contributed by atoms with Gasteiger partial charge in [0.25, 0.3) is 0 Å². The van der Waals surface area contributed by atoms with Crippen LogP contribution in [0.3, 0.4) is 0 Å². The van der Waals surface area contributed by atoms with Crippen LogP contribution < -0.4 is 5.32 Å². The number of thiophene rings is 1. The zero-order valence-corrected chi connectivity index (χ0v) is 13.5. The third-order valence-electron chi connectivity index (χ3n) is 4.31. The Hall–Kier alpha value is -0.830. The molecule has 106 valence electrons. The van der Waals surface area contributed by atoms with Crippen molar-refractivity contribution in [2.24, 2.45) is 0 Å². The lowest BCUT2D eigenvalue weighted by Crippen LogP contribution is -2.26. The van der Waals surface area contributed by atoms with Gasteiger partial charge in [-0.2, -0.15) is 0 Å². The number of rotatable bonds is 3. The molecule has 0 amide bonds. The molecule has 1 aromatic heterocycles. The average molecular weight is 306 g/mol. The first-order valence-electron chi connectivity index (χ1n) is 7.21. The number of hydrogen-bond acceptors (Lipinski definition) is 2. The van der Waals surface area contributed by atoms with Gasteiger partial charge < -0.3 is 5.32 Å². The predicted octanol–water partition coefficient (Wildman–Crippen LogP) is 5.09. The molecule has 0 saturated carbocycles. The Morgan fingerprint density at radius 1 is 1.35 bits per heavy atom. The maximum atomic E-state index is 6.26. The number of nitrogens with one attached hydrogen (secondary N) is 1. The van der Waals surface area contributed by atoms with Crippen LogP contribution in [-0.4, -0.2) is 7.05 Å². The minimum Gasteiger partial charge on any atom is -0.312 e. The number of hydrogen-bond donors (Lipinski definition) is 1. The molecule has 1 nitrogen and oxygen atoms in total. The first-order chi connectivity index (χ1) is 9.70. The van der Waals surface area contributed by atoms with E-state index in [0.717, 1.165) is 4.34 Å². The largest absolute Gasteiger partial charge is 0.312 e. The van der Waals surface area contributed by atoms with Crippen LogP contribution in [0.2, 0.25) is 4.34 Å². The van der Waals surface area contributed by atoms with Crippen molar-refractivity contribution < 1.29 is 0 Å². The van der Waals surface area contributed by atoms with E-state index in [2.05, 4.69) is 49.6 Å². The molecule has 1 N–H and O–H groups in total. The van der Waals surface area contributed by atoms with Crippen LogP contribution in [-0.2, 0) is 6.42 Å². The second-order valence-corrected chi connectivity index (χ2v) is 7.26. The molecule has 1 aliphatic carbocycles. The van der Waals surface area contributed by atoms with Crippen LogP contribution >= 0.6 is 22.9 Å². The van der Waals surface area contributed by atoms with Gasteiger partial charge in [-0.05, 0) is 56.0 Å². The highest BCUT2D eigenvalue weighted by Gasteiger charge is 2.29. The molecule has 0 fully saturated rings. The Morgan fingerprint density at radius 2 is 2.15 bits per heavy atom. The molecule has 2 atom stereocenters. The van der Waals surface area contributed by atoms with Crippen LogP contribution in [0.15, 0.2) is 30.3 Å². The van der Waals surface area contributed by atoms with E-state index in [0.29, 0.717) is 12.0 Å². The lowest BCUT2D eigenvalue weighted by Gasteiger charge is -2.31. The van der Waals surface area contributed by atoms with E-state index in [-0.39, 0.29) is 0 Å². The molecular weight excluding hydrogens is 286 g/mol. The average Bonchev–Trinajstić information content (AvgIpc) is 2.79. The topological polar surface area (TPSA) is 12.0 Å². The van der Waals surface area contributed by atoms with Gasteiger partial charge in [-0.15, -0.1) is 11.3 Å². The zero-order chi connectivity index (χ0) is 14.1. The fourth-order valence-corrected chi connectivity index (χ4v) is 4.71. The van der Waals surface area contributed by atoms with Gasteiger partial charge in [0.1, 0.15) is 0 Å². The predicted molar refractivity (Wildman–Crippen MR) is 88.0 cm³/mol. The highest BCUT2D eigenvalue weighted by molar-refractivity contribution is 7.16. The van der Waals surface area contributed by atoms with Gasteiger partial charge in [-0.1, -0.05) is 35.9 Å². The van der Waals surface area contributed by atoms with Crippen molar-refractivity contribution in [3.05, 3.63) is 56.2 Å². The lowest BCUT2D eigenvalue weighted by molar-refractivity contribution is 0.430. The minimum absolute atomic E-state index is 0.368. The molecule has 1 heterocycles. The van der Waals surface area contributed by atoms with Crippen molar-refractivity contribution in [1.82, 2.24) is 5.32 Å². The van der Waals surface area contributed by atoms with Crippen LogP contribution in [0.25, 0.3) is 0 Å².